The number of nitrogens with two attached hydrogens (primary N) is 1. The molecule has 0 aromatic heterocycles. The SMILES string of the molecule is CC(C)(C)c1ccccc1Oc1cc(F)c(Br)cc1N. The van der Waals surface area contributed by atoms with Crippen molar-refractivity contribution in [2.75, 3.05) is 5.73 Å². The zero-order chi connectivity index (χ0) is 14.9. The summed E-state index contributed by atoms with van der Waals surface area (Å²) >= 11 is 3.10. The molecule has 0 saturated carbocycles. The molecule has 0 aliphatic carbocycles. The van der Waals surface area contributed by atoms with Crippen molar-refractivity contribution in [3.63, 3.8) is 0 Å². The largest absolute Gasteiger partial charge is 0.455 e. The molecule has 0 amide bonds. The number of para-hydroxylation sites is 1. The normalized spacial score (nSPS) is 11.4. The van der Waals surface area contributed by atoms with Crippen molar-refractivity contribution < 1.29 is 9.13 Å². The van der Waals surface area contributed by atoms with Crippen molar-refractivity contribution in [2.24, 2.45) is 0 Å². The lowest BCUT2D eigenvalue weighted by Gasteiger charge is -2.23. The molecule has 2 aromatic carbocycles. The summed E-state index contributed by atoms with van der Waals surface area (Å²) in [6.07, 6.45) is 0. The predicted molar refractivity (Wildman–Crippen MR) is 83.7 cm³/mol. The Kier molecular flexibility index (Phi) is 4.04. The summed E-state index contributed by atoms with van der Waals surface area (Å²) in [5.74, 6) is 0.610. The van der Waals surface area contributed by atoms with Gasteiger partial charge in [0.25, 0.3) is 0 Å². The molecule has 4 heteroatoms. The molecule has 2 nitrogen and oxygen atoms in total. The molecule has 0 atom stereocenters. The molecule has 2 N–H and O–H groups in total. The van der Waals surface area contributed by atoms with Crippen LogP contribution >= 0.6 is 15.9 Å². The number of hydrogen-bond acceptors (Lipinski definition) is 2. The van der Waals surface area contributed by atoms with E-state index in [-0.39, 0.29) is 5.41 Å². The quantitative estimate of drug-likeness (QED) is 0.758. The van der Waals surface area contributed by atoms with Crippen LogP contribution in [0.25, 0.3) is 0 Å². The van der Waals surface area contributed by atoms with Gasteiger partial charge in [-0.2, -0.15) is 0 Å². The maximum atomic E-state index is 13.6. The van der Waals surface area contributed by atoms with E-state index in [0.29, 0.717) is 21.7 Å². The van der Waals surface area contributed by atoms with Crippen molar-refractivity contribution in [1.82, 2.24) is 0 Å². The first kappa shape index (κ1) is 14.9. The topological polar surface area (TPSA) is 35.2 Å². The van der Waals surface area contributed by atoms with Gasteiger partial charge in [-0.1, -0.05) is 39.0 Å². The summed E-state index contributed by atoms with van der Waals surface area (Å²) in [5, 5.41) is 0. The number of halogens is 2. The summed E-state index contributed by atoms with van der Waals surface area (Å²) in [5.41, 5.74) is 7.24. The van der Waals surface area contributed by atoms with E-state index in [1.807, 2.05) is 24.3 Å². The van der Waals surface area contributed by atoms with Crippen LogP contribution in [0.2, 0.25) is 0 Å². The Bertz CT molecular complexity index is 635. The van der Waals surface area contributed by atoms with Gasteiger partial charge in [0.2, 0.25) is 0 Å². The highest BCUT2D eigenvalue weighted by molar-refractivity contribution is 9.10. The Morgan fingerprint density at radius 3 is 2.40 bits per heavy atom. The van der Waals surface area contributed by atoms with E-state index in [1.54, 1.807) is 0 Å². The van der Waals surface area contributed by atoms with Crippen LogP contribution < -0.4 is 10.5 Å². The van der Waals surface area contributed by atoms with Crippen molar-refractivity contribution in [3.05, 3.63) is 52.3 Å². The second-order valence-electron chi connectivity index (χ2n) is 5.65. The van der Waals surface area contributed by atoms with Gasteiger partial charge in [-0.3, -0.25) is 0 Å². The van der Waals surface area contributed by atoms with Gasteiger partial charge in [0.1, 0.15) is 11.6 Å². The molecule has 2 aromatic rings. The number of ether oxygens (including phenoxy) is 1. The second-order valence-corrected chi connectivity index (χ2v) is 6.51. The fourth-order valence-electron chi connectivity index (χ4n) is 1.93. The smallest absolute Gasteiger partial charge is 0.153 e. The minimum absolute atomic E-state index is 0.0702. The summed E-state index contributed by atoms with van der Waals surface area (Å²) < 4.78 is 19.8. The van der Waals surface area contributed by atoms with Gasteiger partial charge in [0.05, 0.1) is 10.2 Å². The zero-order valence-corrected chi connectivity index (χ0v) is 13.3. The Morgan fingerprint density at radius 1 is 1.10 bits per heavy atom. The van der Waals surface area contributed by atoms with Gasteiger partial charge in [-0.05, 0) is 33.5 Å². The molecule has 0 bridgehead atoms. The van der Waals surface area contributed by atoms with Crippen molar-refractivity contribution in [2.45, 2.75) is 26.2 Å². The molecule has 0 radical (unpaired) electrons. The molecule has 0 fully saturated rings. The zero-order valence-electron chi connectivity index (χ0n) is 11.7. The summed E-state index contributed by atoms with van der Waals surface area (Å²) in [6.45, 7) is 6.29. The second kappa shape index (κ2) is 5.44. The van der Waals surface area contributed by atoms with Crippen LogP contribution in [0.3, 0.4) is 0 Å². The van der Waals surface area contributed by atoms with Gasteiger partial charge in [-0.25, -0.2) is 4.39 Å². The van der Waals surface area contributed by atoms with E-state index in [9.17, 15) is 4.39 Å². The standard InChI is InChI=1S/C16H17BrFNO/c1-16(2,3)10-6-4-5-7-14(10)20-15-9-12(18)11(17)8-13(15)19/h4-9H,19H2,1-3H3. The van der Waals surface area contributed by atoms with Gasteiger partial charge in [0, 0.05) is 11.6 Å². The minimum Gasteiger partial charge on any atom is -0.455 e. The van der Waals surface area contributed by atoms with E-state index in [1.165, 1.54) is 12.1 Å². The summed E-state index contributed by atoms with van der Waals surface area (Å²) in [6, 6.07) is 10.5. The van der Waals surface area contributed by atoms with Crippen molar-refractivity contribution >= 4 is 21.6 Å². The van der Waals surface area contributed by atoms with E-state index in [4.69, 9.17) is 10.5 Å². The lowest BCUT2D eigenvalue weighted by Crippen LogP contribution is -2.12. The Morgan fingerprint density at radius 2 is 1.75 bits per heavy atom. The maximum absolute atomic E-state index is 13.6. The lowest BCUT2D eigenvalue weighted by atomic mass is 9.86. The van der Waals surface area contributed by atoms with Gasteiger partial charge >= 0.3 is 0 Å². The van der Waals surface area contributed by atoms with E-state index < -0.39 is 5.82 Å². The highest BCUT2D eigenvalue weighted by Gasteiger charge is 2.19. The van der Waals surface area contributed by atoms with E-state index in [2.05, 4.69) is 36.7 Å². The molecular weight excluding hydrogens is 321 g/mol. The molecule has 0 saturated heterocycles. The third-order valence-corrected chi connectivity index (χ3v) is 3.58. The molecule has 20 heavy (non-hydrogen) atoms. The third-order valence-electron chi connectivity index (χ3n) is 2.97. The molecule has 0 aliphatic heterocycles. The van der Waals surface area contributed by atoms with Gasteiger partial charge < -0.3 is 10.5 Å². The van der Waals surface area contributed by atoms with Crippen LogP contribution in [-0.4, -0.2) is 0 Å². The maximum Gasteiger partial charge on any atom is 0.153 e. The Labute approximate surface area is 126 Å². The van der Waals surface area contributed by atoms with Crippen molar-refractivity contribution in [3.8, 4) is 11.5 Å². The number of nitrogen functional groups attached to an aromatic ring is 1. The fourth-order valence-corrected chi connectivity index (χ4v) is 2.29. The molecule has 2 rings (SSSR count). The Balaban J connectivity index is 2.43. The molecular formula is C16H17BrFNO. The molecule has 0 spiro atoms. The van der Waals surface area contributed by atoms with Gasteiger partial charge in [-0.15, -0.1) is 0 Å². The lowest BCUT2D eigenvalue weighted by molar-refractivity contribution is 0.453. The van der Waals surface area contributed by atoms with Crippen LogP contribution in [0.5, 0.6) is 11.5 Å². The summed E-state index contributed by atoms with van der Waals surface area (Å²) in [4.78, 5) is 0. The predicted octanol–water partition coefficient (Wildman–Crippen LogP) is 5.26. The molecule has 0 unspecified atom stereocenters. The van der Waals surface area contributed by atoms with Crippen LogP contribution in [0.4, 0.5) is 10.1 Å². The molecule has 0 aliphatic rings. The van der Waals surface area contributed by atoms with E-state index >= 15 is 0 Å². The number of anilines is 1. The summed E-state index contributed by atoms with van der Waals surface area (Å²) in [7, 11) is 0. The highest BCUT2D eigenvalue weighted by Crippen LogP contribution is 2.37. The van der Waals surface area contributed by atoms with Crippen LogP contribution in [0.1, 0.15) is 26.3 Å². The molecule has 0 heterocycles. The first-order chi connectivity index (χ1) is 9.29. The highest BCUT2D eigenvalue weighted by atomic mass is 79.9. The molecule has 106 valence electrons. The number of hydrogen-bond donors (Lipinski definition) is 1. The average Bonchev–Trinajstić information content (AvgIpc) is 2.35. The first-order valence-corrected chi connectivity index (χ1v) is 7.10. The number of benzene rings is 2. The van der Waals surface area contributed by atoms with Crippen LogP contribution in [0, 0.1) is 5.82 Å². The van der Waals surface area contributed by atoms with E-state index in [0.717, 1.165) is 5.56 Å². The number of rotatable bonds is 2. The average molecular weight is 338 g/mol. The minimum atomic E-state index is -0.401. The third kappa shape index (κ3) is 3.12. The van der Waals surface area contributed by atoms with Crippen molar-refractivity contribution in [1.29, 1.82) is 0 Å². The monoisotopic (exact) mass is 337 g/mol. The van der Waals surface area contributed by atoms with Crippen LogP contribution in [-0.2, 0) is 5.41 Å². The van der Waals surface area contributed by atoms with Gasteiger partial charge in [0.15, 0.2) is 5.75 Å². The first-order valence-electron chi connectivity index (χ1n) is 6.31. The Hall–Kier alpha value is -1.55. The van der Waals surface area contributed by atoms with Crippen LogP contribution in [0.15, 0.2) is 40.9 Å². The fraction of sp³-hybridized carbons (Fsp3) is 0.250.